The Kier molecular flexibility index (Phi) is 6.62. The van der Waals surface area contributed by atoms with Crippen LogP contribution in [0, 0.1) is 25.6 Å². The topological polar surface area (TPSA) is 75.5 Å². The van der Waals surface area contributed by atoms with E-state index in [1.54, 1.807) is 4.90 Å². The first-order valence-electron chi connectivity index (χ1n) is 10.2. The second-order valence-corrected chi connectivity index (χ2v) is 10.1. The maximum atomic E-state index is 13.1. The molecule has 0 N–H and O–H groups in total. The molecular formula is C21H29FN4O3S. The van der Waals surface area contributed by atoms with Crippen LogP contribution in [0.3, 0.4) is 0 Å². The Labute approximate surface area is 177 Å². The van der Waals surface area contributed by atoms with Crippen LogP contribution in [0.15, 0.2) is 29.2 Å². The summed E-state index contributed by atoms with van der Waals surface area (Å²) in [6.07, 6.45) is 0.264. The number of halogens is 1. The summed E-state index contributed by atoms with van der Waals surface area (Å²) >= 11 is 0. The van der Waals surface area contributed by atoms with E-state index in [-0.39, 0.29) is 30.3 Å². The van der Waals surface area contributed by atoms with Crippen molar-refractivity contribution in [1.29, 1.82) is 0 Å². The van der Waals surface area contributed by atoms with Gasteiger partial charge in [-0.05, 0) is 44.0 Å². The highest BCUT2D eigenvalue weighted by Gasteiger charge is 2.30. The van der Waals surface area contributed by atoms with Crippen molar-refractivity contribution in [3.8, 4) is 0 Å². The van der Waals surface area contributed by atoms with E-state index in [2.05, 4.69) is 18.9 Å². The third-order valence-corrected chi connectivity index (χ3v) is 7.35. The maximum Gasteiger partial charge on any atom is 0.243 e. The van der Waals surface area contributed by atoms with Gasteiger partial charge in [0.2, 0.25) is 15.9 Å². The molecule has 9 heteroatoms. The summed E-state index contributed by atoms with van der Waals surface area (Å²) in [5.41, 5.74) is 2.81. The molecule has 1 fully saturated rings. The third kappa shape index (κ3) is 4.73. The van der Waals surface area contributed by atoms with Crippen molar-refractivity contribution in [2.24, 2.45) is 5.92 Å². The number of nitrogens with zero attached hydrogens (tertiary/aromatic N) is 4. The summed E-state index contributed by atoms with van der Waals surface area (Å²) in [6.45, 7) is 10.1. The van der Waals surface area contributed by atoms with E-state index in [9.17, 15) is 17.6 Å². The number of rotatable bonds is 6. The minimum atomic E-state index is -3.69. The van der Waals surface area contributed by atoms with Crippen molar-refractivity contribution in [3.05, 3.63) is 47.0 Å². The number of aromatic nitrogens is 2. The van der Waals surface area contributed by atoms with Gasteiger partial charge in [-0.1, -0.05) is 13.8 Å². The number of carbonyl (C=O) groups excluding carboxylic acids is 1. The van der Waals surface area contributed by atoms with Gasteiger partial charge in [0.1, 0.15) is 5.82 Å². The molecule has 2 aromatic rings. The Morgan fingerprint density at radius 2 is 1.70 bits per heavy atom. The molecule has 1 aromatic heterocycles. The standard InChI is InChI=1S/C21H29FN4O3S/c1-15(2)14-26-17(4)20(16(3)23-26)13-21(27)24-9-11-25(12-10-24)30(28,29)19-7-5-18(22)6-8-19/h5-8,15H,9-14H2,1-4H3. The molecular weight excluding hydrogens is 407 g/mol. The number of hydrogen-bond acceptors (Lipinski definition) is 4. The molecule has 0 saturated carbocycles. The molecule has 1 saturated heterocycles. The average Bonchev–Trinajstić information content (AvgIpc) is 2.95. The molecule has 0 bridgehead atoms. The van der Waals surface area contributed by atoms with Crippen LogP contribution in [0.4, 0.5) is 4.39 Å². The Hall–Kier alpha value is -2.26. The van der Waals surface area contributed by atoms with E-state index < -0.39 is 15.8 Å². The number of benzene rings is 1. The van der Waals surface area contributed by atoms with Gasteiger partial charge in [-0.15, -0.1) is 0 Å². The van der Waals surface area contributed by atoms with Gasteiger partial charge in [-0.25, -0.2) is 12.8 Å². The van der Waals surface area contributed by atoms with Crippen molar-refractivity contribution in [1.82, 2.24) is 19.0 Å². The first-order chi connectivity index (χ1) is 14.1. The van der Waals surface area contributed by atoms with Crippen LogP contribution in [0.5, 0.6) is 0 Å². The average molecular weight is 437 g/mol. The molecule has 2 heterocycles. The molecule has 7 nitrogen and oxygen atoms in total. The fraction of sp³-hybridized carbons (Fsp3) is 0.524. The molecule has 1 aliphatic heterocycles. The second-order valence-electron chi connectivity index (χ2n) is 8.14. The van der Waals surface area contributed by atoms with Gasteiger partial charge in [-0.3, -0.25) is 9.48 Å². The van der Waals surface area contributed by atoms with Crippen LogP contribution in [0.1, 0.15) is 30.8 Å². The zero-order chi connectivity index (χ0) is 22.1. The van der Waals surface area contributed by atoms with Crippen molar-refractivity contribution < 1.29 is 17.6 Å². The van der Waals surface area contributed by atoms with E-state index in [1.807, 2.05) is 18.5 Å². The minimum absolute atomic E-state index is 0.0240. The lowest BCUT2D eigenvalue weighted by molar-refractivity contribution is -0.131. The molecule has 0 unspecified atom stereocenters. The lowest BCUT2D eigenvalue weighted by Crippen LogP contribution is -2.50. The summed E-state index contributed by atoms with van der Waals surface area (Å²) in [4.78, 5) is 14.6. The van der Waals surface area contributed by atoms with Gasteiger partial charge < -0.3 is 4.90 Å². The zero-order valence-electron chi connectivity index (χ0n) is 17.9. The predicted octanol–water partition coefficient (Wildman–Crippen LogP) is 2.37. The summed E-state index contributed by atoms with van der Waals surface area (Å²) in [5.74, 6) is -0.0431. The Morgan fingerprint density at radius 3 is 2.27 bits per heavy atom. The Morgan fingerprint density at radius 1 is 1.10 bits per heavy atom. The van der Waals surface area contributed by atoms with Crippen molar-refractivity contribution in [3.63, 3.8) is 0 Å². The van der Waals surface area contributed by atoms with Crippen LogP contribution >= 0.6 is 0 Å². The number of aryl methyl sites for hydroxylation is 1. The quantitative estimate of drug-likeness (QED) is 0.697. The molecule has 0 aliphatic carbocycles. The van der Waals surface area contributed by atoms with Gasteiger partial charge in [0, 0.05) is 44.0 Å². The molecule has 0 atom stereocenters. The number of sulfonamides is 1. The highest BCUT2D eigenvalue weighted by molar-refractivity contribution is 7.89. The van der Waals surface area contributed by atoms with Crippen molar-refractivity contribution >= 4 is 15.9 Å². The summed E-state index contributed by atoms with van der Waals surface area (Å²) in [5, 5.41) is 4.56. The number of hydrogen-bond donors (Lipinski definition) is 0. The smallest absolute Gasteiger partial charge is 0.243 e. The molecule has 164 valence electrons. The van der Waals surface area contributed by atoms with E-state index in [1.165, 1.54) is 16.4 Å². The third-order valence-electron chi connectivity index (χ3n) is 5.44. The molecule has 1 aliphatic rings. The number of piperazine rings is 1. The van der Waals surface area contributed by atoms with E-state index in [0.717, 1.165) is 35.6 Å². The highest BCUT2D eigenvalue weighted by Crippen LogP contribution is 2.20. The normalized spacial score (nSPS) is 15.7. The summed E-state index contributed by atoms with van der Waals surface area (Å²) < 4.78 is 41.9. The molecule has 1 aromatic carbocycles. The SMILES string of the molecule is Cc1nn(CC(C)C)c(C)c1CC(=O)N1CCN(S(=O)(=O)c2ccc(F)cc2)CC1. The summed E-state index contributed by atoms with van der Waals surface area (Å²) in [6, 6.07) is 4.80. The number of amides is 1. The van der Waals surface area contributed by atoms with E-state index in [0.29, 0.717) is 19.0 Å². The first-order valence-corrected chi connectivity index (χ1v) is 11.6. The fourth-order valence-electron chi connectivity index (χ4n) is 3.71. The first kappa shape index (κ1) is 22.4. The van der Waals surface area contributed by atoms with E-state index in [4.69, 9.17) is 0 Å². The molecule has 30 heavy (non-hydrogen) atoms. The van der Waals surface area contributed by atoms with Gasteiger partial charge in [0.15, 0.2) is 0 Å². The Balaban J connectivity index is 1.63. The maximum absolute atomic E-state index is 13.1. The summed E-state index contributed by atoms with van der Waals surface area (Å²) in [7, 11) is -3.69. The highest BCUT2D eigenvalue weighted by atomic mass is 32.2. The second kappa shape index (κ2) is 8.85. The fourth-order valence-corrected chi connectivity index (χ4v) is 5.13. The molecule has 0 spiro atoms. The van der Waals surface area contributed by atoms with Gasteiger partial charge >= 0.3 is 0 Å². The number of carbonyl (C=O) groups is 1. The van der Waals surface area contributed by atoms with Crippen LogP contribution in [-0.2, 0) is 27.8 Å². The van der Waals surface area contributed by atoms with Gasteiger partial charge in [0.25, 0.3) is 0 Å². The van der Waals surface area contributed by atoms with E-state index >= 15 is 0 Å². The molecule has 0 radical (unpaired) electrons. The van der Waals surface area contributed by atoms with Crippen molar-refractivity contribution in [2.75, 3.05) is 26.2 Å². The van der Waals surface area contributed by atoms with Crippen molar-refractivity contribution in [2.45, 2.75) is 45.6 Å². The monoisotopic (exact) mass is 436 g/mol. The Bertz CT molecular complexity index is 1010. The lowest BCUT2D eigenvalue weighted by atomic mass is 10.1. The van der Waals surface area contributed by atoms with Gasteiger partial charge in [-0.2, -0.15) is 9.40 Å². The zero-order valence-corrected chi connectivity index (χ0v) is 18.7. The predicted molar refractivity (Wildman–Crippen MR) is 112 cm³/mol. The minimum Gasteiger partial charge on any atom is -0.340 e. The van der Waals surface area contributed by atoms with Crippen LogP contribution in [-0.4, -0.2) is 59.5 Å². The van der Waals surface area contributed by atoms with Crippen LogP contribution in [0.25, 0.3) is 0 Å². The molecule has 1 amide bonds. The lowest BCUT2D eigenvalue weighted by Gasteiger charge is -2.34. The largest absolute Gasteiger partial charge is 0.340 e. The van der Waals surface area contributed by atoms with Crippen LogP contribution < -0.4 is 0 Å². The molecule has 3 rings (SSSR count). The van der Waals surface area contributed by atoms with Gasteiger partial charge in [0.05, 0.1) is 17.0 Å². The van der Waals surface area contributed by atoms with Crippen LogP contribution in [0.2, 0.25) is 0 Å².